The second-order valence-electron chi connectivity index (χ2n) is 6.83. The lowest BCUT2D eigenvalue weighted by molar-refractivity contribution is -0.138. The van der Waals surface area contributed by atoms with E-state index in [1.54, 1.807) is 0 Å². The van der Waals surface area contributed by atoms with Crippen molar-refractivity contribution in [3.05, 3.63) is 18.2 Å². The Hall–Kier alpha value is -1.80. The first-order chi connectivity index (χ1) is 11.7. The smallest absolute Gasteiger partial charge is 0.225 e. The van der Waals surface area contributed by atoms with Crippen LogP contribution in [0, 0.1) is 17.2 Å². The number of carbonyl (C=O) groups is 1. The van der Waals surface area contributed by atoms with E-state index >= 15 is 0 Å². The van der Waals surface area contributed by atoms with E-state index < -0.39 is 5.82 Å². The van der Waals surface area contributed by atoms with E-state index in [4.69, 9.17) is 9.47 Å². The fourth-order valence-electron chi connectivity index (χ4n) is 3.93. The van der Waals surface area contributed by atoms with E-state index in [1.807, 2.05) is 9.80 Å². The summed E-state index contributed by atoms with van der Waals surface area (Å²) in [4.78, 5) is 24.8. The third-order valence-electron chi connectivity index (χ3n) is 5.28. The van der Waals surface area contributed by atoms with Crippen LogP contribution in [0.25, 0.3) is 0 Å². The van der Waals surface area contributed by atoms with Gasteiger partial charge in [-0.25, -0.2) is 14.4 Å². The molecule has 2 atom stereocenters. The van der Waals surface area contributed by atoms with E-state index in [1.165, 1.54) is 12.4 Å². The summed E-state index contributed by atoms with van der Waals surface area (Å²) in [6.45, 7) is 5.15. The average molecular weight is 336 g/mol. The van der Waals surface area contributed by atoms with Crippen molar-refractivity contribution in [2.75, 3.05) is 57.5 Å². The van der Waals surface area contributed by atoms with Crippen molar-refractivity contribution < 1.29 is 18.7 Å². The molecule has 3 fully saturated rings. The molecule has 24 heavy (non-hydrogen) atoms. The highest BCUT2D eigenvalue weighted by Crippen LogP contribution is 2.45. The van der Waals surface area contributed by atoms with Gasteiger partial charge in [-0.1, -0.05) is 0 Å². The molecule has 1 aromatic rings. The van der Waals surface area contributed by atoms with Gasteiger partial charge in [-0.05, 0) is 0 Å². The Bertz CT molecular complexity index is 608. The Kier molecular flexibility index (Phi) is 4.09. The number of fused-ring (bicyclic) bond motifs is 1. The van der Waals surface area contributed by atoms with E-state index in [0.29, 0.717) is 58.4 Å². The third-order valence-corrected chi connectivity index (χ3v) is 5.28. The van der Waals surface area contributed by atoms with Crippen molar-refractivity contribution in [1.82, 2.24) is 14.9 Å². The molecule has 0 saturated carbocycles. The van der Waals surface area contributed by atoms with Gasteiger partial charge >= 0.3 is 0 Å². The van der Waals surface area contributed by atoms with Crippen molar-refractivity contribution in [2.45, 2.75) is 6.42 Å². The highest BCUT2D eigenvalue weighted by molar-refractivity contribution is 5.77. The fourth-order valence-corrected chi connectivity index (χ4v) is 3.93. The molecule has 0 N–H and O–H groups in total. The van der Waals surface area contributed by atoms with Crippen LogP contribution in [0.4, 0.5) is 10.3 Å². The highest BCUT2D eigenvalue weighted by Gasteiger charge is 2.52. The molecule has 0 radical (unpaired) electrons. The lowest BCUT2D eigenvalue weighted by atomic mass is 9.77. The van der Waals surface area contributed by atoms with Gasteiger partial charge in [0.2, 0.25) is 11.9 Å². The van der Waals surface area contributed by atoms with Crippen LogP contribution in [0.2, 0.25) is 0 Å². The first-order valence-corrected chi connectivity index (χ1v) is 8.32. The summed E-state index contributed by atoms with van der Waals surface area (Å²) in [7, 11) is 0. The predicted molar refractivity (Wildman–Crippen MR) is 83.0 cm³/mol. The summed E-state index contributed by atoms with van der Waals surface area (Å²) in [5.41, 5.74) is -0.201. The second kappa shape index (κ2) is 6.25. The van der Waals surface area contributed by atoms with E-state index in [9.17, 15) is 9.18 Å². The predicted octanol–water partition coefficient (Wildman–Crippen LogP) is 0.317. The van der Waals surface area contributed by atoms with Crippen LogP contribution in [-0.4, -0.2) is 73.4 Å². The molecule has 0 unspecified atom stereocenters. The van der Waals surface area contributed by atoms with E-state index in [2.05, 4.69) is 9.97 Å². The minimum absolute atomic E-state index is 0.163. The Morgan fingerprint density at radius 2 is 2.04 bits per heavy atom. The number of nitrogens with zero attached hydrogens (tertiary/aromatic N) is 4. The summed E-state index contributed by atoms with van der Waals surface area (Å²) in [6, 6.07) is 0. The SMILES string of the molecule is O=C(C[C@]12COC[C@H]1CN(c1ncc(F)cn1)C2)N1CCOCC1. The van der Waals surface area contributed by atoms with Crippen molar-refractivity contribution in [3.8, 4) is 0 Å². The van der Waals surface area contributed by atoms with Crippen LogP contribution in [0.5, 0.6) is 0 Å². The molecule has 0 spiro atoms. The monoisotopic (exact) mass is 336 g/mol. The topological polar surface area (TPSA) is 67.8 Å². The van der Waals surface area contributed by atoms with Crippen molar-refractivity contribution in [2.24, 2.45) is 11.3 Å². The molecular formula is C16H21FN4O3. The van der Waals surface area contributed by atoms with Crippen LogP contribution >= 0.6 is 0 Å². The molecule has 4 rings (SSSR count). The largest absolute Gasteiger partial charge is 0.380 e. The third kappa shape index (κ3) is 2.84. The zero-order valence-corrected chi connectivity index (χ0v) is 13.5. The number of anilines is 1. The summed E-state index contributed by atoms with van der Waals surface area (Å²) in [5.74, 6) is 0.509. The summed E-state index contributed by atoms with van der Waals surface area (Å²) < 4.78 is 24.0. The number of morpholine rings is 1. The van der Waals surface area contributed by atoms with Gasteiger partial charge in [0, 0.05) is 43.9 Å². The first kappa shape index (κ1) is 15.7. The molecular weight excluding hydrogens is 315 g/mol. The molecule has 3 aliphatic heterocycles. The van der Waals surface area contributed by atoms with Gasteiger partial charge in [0.05, 0.1) is 38.8 Å². The molecule has 4 heterocycles. The highest BCUT2D eigenvalue weighted by atomic mass is 19.1. The molecule has 0 bridgehead atoms. The number of amides is 1. The summed E-state index contributed by atoms with van der Waals surface area (Å²) in [5, 5.41) is 0. The maximum absolute atomic E-state index is 13.0. The number of carbonyl (C=O) groups excluding carboxylic acids is 1. The van der Waals surface area contributed by atoms with Gasteiger partial charge in [0.1, 0.15) is 0 Å². The molecule has 1 aromatic heterocycles. The van der Waals surface area contributed by atoms with Gasteiger partial charge in [0.15, 0.2) is 5.82 Å². The minimum Gasteiger partial charge on any atom is -0.380 e. The van der Waals surface area contributed by atoms with Crippen LogP contribution in [0.1, 0.15) is 6.42 Å². The molecule has 0 aliphatic carbocycles. The van der Waals surface area contributed by atoms with Crippen molar-refractivity contribution in [3.63, 3.8) is 0 Å². The van der Waals surface area contributed by atoms with Gasteiger partial charge in [-0.3, -0.25) is 4.79 Å². The number of rotatable bonds is 3. The zero-order valence-electron chi connectivity index (χ0n) is 13.5. The fraction of sp³-hybridized carbons (Fsp3) is 0.688. The summed E-state index contributed by atoms with van der Waals surface area (Å²) in [6.07, 6.45) is 2.83. The molecule has 3 aliphatic rings. The average Bonchev–Trinajstić information content (AvgIpc) is 3.13. The molecule has 0 aromatic carbocycles. The zero-order chi connectivity index (χ0) is 16.6. The van der Waals surface area contributed by atoms with Crippen LogP contribution in [-0.2, 0) is 14.3 Å². The number of hydrogen-bond donors (Lipinski definition) is 0. The van der Waals surface area contributed by atoms with Crippen LogP contribution < -0.4 is 4.90 Å². The molecule has 1 amide bonds. The Morgan fingerprint density at radius 3 is 2.79 bits per heavy atom. The lowest BCUT2D eigenvalue weighted by Gasteiger charge is -2.32. The van der Waals surface area contributed by atoms with Crippen molar-refractivity contribution in [1.29, 1.82) is 0 Å². The Morgan fingerprint density at radius 1 is 1.29 bits per heavy atom. The molecule has 130 valence electrons. The molecule has 8 heteroatoms. The Labute approximate surface area is 139 Å². The number of halogens is 1. The minimum atomic E-state index is -0.446. The number of hydrogen-bond acceptors (Lipinski definition) is 6. The normalized spacial score (nSPS) is 29.8. The quantitative estimate of drug-likeness (QED) is 0.792. The molecule has 7 nitrogen and oxygen atoms in total. The van der Waals surface area contributed by atoms with Gasteiger partial charge in [-0.15, -0.1) is 0 Å². The maximum Gasteiger partial charge on any atom is 0.225 e. The lowest BCUT2D eigenvalue weighted by Crippen LogP contribution is -2.44. The van der Waals surface area contributed by atoms with E-state index in [0.717, 1.165) is 6.54 Å². The Balaban J connectivity index is 1.48. The first-order valence-electron chi connectivity index (χ1n) is 8.32. The second-order valence-corrected chi connectivity index (χ2v) is 6.83. The van der Waals surface area contributed by atoms with Gasteiger partial charge < -0.3 is 19.3 Å². The standard InChI is InChI=1S/C16H21FN4O3/c17-13-6-18-15(19-7-13)21-8-12-9-24-11-16(12,10-21)5-14(22)20-1-3-23-4-2-20/h6-7,12H,1-5,8-11H2/t12-,16+/m1/s1. The van der Waals surface area contributed by atoms with E-state index in [-0.39, 0.29) is 17.2 Å². The number of ether oxygens (including phenoxy) is 2. The van der Waals surface area contributed by atoms with Crippen LogP contribution in [0.3, 0.4) is 0 Å². The van der Waals surface area contributed by atoms with Gasteiger partial charge in [0.25, 0.3) is 0 Å². The van der Waals surface area contributed by atoms with Gasteiger partial charge in [-0.2, -0.15) is 0 Å². The van der Waals surface area contributed by atoms with Crippen LogP contribution in [0.15, 0.2) is 12.4 Å². The number of aromatic nitrogens is 2. The summed E-state index contributed by atoms with van der Waals surface area (Å²) >= 11 is 0. The maximum atomic E-state index is 13.0. The van der Waals surface area contributed by atoms with Crippen molar-refractivity contribution >= 4 is 11.9 Å². The molecule has 3 saturated heterocycles.